The van der Waals surface area contributed by atoms with Gasteiger partial charge in [-0.05, 0) is 23.6 Å². The Hall–Kier alpha value is -2.56. The van der Waals surface area contributed by atoms with Crippen molar-refractivity contribution in [2.75, 3.05) is 6.54 Å². The fourth-order valence-electron chi connectivity index (χ4n) is 2.81. The molecule has 0 saturated carbocycles. The molecule has 0 fully saturated rings. The summed E-state index contributed by atoms with van der Waals surface area (Å²) >= 11 is 1.06. The van der Waals surface area contributed by atoms with Gasteiger partial charge in [0.2, 0.25) is 15.9 Å². The van der Waals surface area contributed by atoms with Crippen LogP contribution in [0.3, 0.4) is 0 Å². The fourth-order valence-corrected chi connectivity index (χ4v) is 4.74. The van der Waals surface area contributed by atoms with Crippen molar-refractivity contribution in [3.63, 3.8) is 0 Å². The third kappa shape index (κ3) is 3.02. The summed E-state index contributed by atoms with van der Waals surface area (Å²) in [7, 11) is -3.94. The number of hydrogen-bond acceptors (Lipinski definition) is 7. The van der Waals surface area contributed by atoms with Crippen LogP contribution in [0.2, 0.25) is 0 Å². The molecule has 8 nitrogen and oxygen atoms in total. The SMILES string of the molecule is NS(=O)(=O)c1ccsc1C(=O)N1CCc2oc(-c3cccnc3)nc2C1. The maximum absolute atomic E-state index is 12.8. The zero-order valence-corrected chi connectivity index (χ0v) is 15.1. The van der Waals surface area contributed by atoms with Gasteiger partial charge in [0, 0.05) is 25.4 Å². The zero-order chi connectivity index (χ0) is 18.3. The molecule has 2 N–H and O–H groups in total. The molecular formula is C16H14N4O4S2. The van der Waals surface area contributed by atoms with E-state index >= 15 is 0 Å². The van der Waals surface area contributed by atoms with Crippen LogP contribution in [-0.2, 0) is 23.0 Å². The Labute approximate surface area is 153 Å². The number of sulfonamides is 1. The van der Waals surface area contributed by atoms with Gasteiger partial charge in [-0.25, -0.2) is 18.5 Å². The van der Waals surface area contributed by atoms with Gasteiger partial charge in [-0.3, -0.25) is 9.78 Å². The normalized spacial score (nSPS) is 14.3. The lowest BCUT2D eigenvalue weighted by molar-refractivity contribution is 0.0729. The summed E-state index contributed by atoms with van der Waals surface area (Å²) in [6, 6.07) is 4.98. The van der Waals surface area contributed by atoms with Crippen LogP contribution in [0.4, 0.5) is 0 Å². The Bertz CT molecular complexity index is 1070. The number of pyridine rings is 1. The summed E-state index contributed by atoms with van der Waals surface area (Å²) in [4.78, 5) is 22.8. The number of carbonyl (C=O) groups excluding carboxylic acids is 1. The van der Waals surface area contributed by atoms with Crippen LogP contribution in [-0.4, -0.2) is 35.7 Å². The van der Waals surface area contributed by atoms with E-state index in [2.05, 4.69) is 9.97 Å². The number of carbonyl (C=O) groups is 1. The predicted molar refractivity (Wildman–Crippen MR) is 93.9 cm³/mol. The molecule has 0 unspecified atom stereocenters. The molecule has 10 heteroatoms. The van der Waals surface area contributed by atoms with E-state index in [4.69, 9.17) is 9.56 Å². The van der Waals surface area contributed by atoms with Crippen LogP contribution in [0.15, 0.2) is 45.3 Å². The molecule has 1 aliphatic heterocycles. The Morgan fingerprint density at radius 3 is 2.92 bits per heavy atom. The minimum absolute atomic E-state index is 0.118. The van der Waals surface area contributed by atoms with E-state index in [0.29, 0.717) is 24.6 Å². The summed E-state index contributed by atoms with van der Waals surface area (Å²) in [5.41, 5.74) is 1.42. The number of amides is 1. The molecule has 0 radical (unpaired) electrons. The second-order valence-electron chi connectivity index (χ2n) is 5.77. The molecule has 1 amide bonds. The van der Waals surface area contributed by atoms with Crippen molar-refractivity contribution in [2.24, 2.45) is 5.14 Å². The van der Waals surface area contributed by atoms with Crippen molar-refractivity contribution in [1.29, 1.82) is 0 Å². The smallest absolute Gasteiger partial charge is 0.265 e. The van der Waals surface area contributed by atoms with Gasteiger partial charge in [-0.15, -0.1) is 11.3 Å². The lowest BCUT2D eigenvalue weighted by Crippen LogP contribution is -2.36. The van der Waals surface area contributed by atoms with Crippen molar-refractivity contribution >= 4 is 27.3 Å². The summed E-state index contributed by atoms with van der Waals surface area (Å²) in [5.74, 6) is 0.810. The summed E-state index contributed by atoms with van der Waals surface area (Å²) < 4.78 is 29.1. The van der Waals surface area contributed by atoms with E-state index in [1.54, 1.807) is 28.7 Å². The molecule has 0 atom stereocenters. The molecule has 0 aliphatic carbocycles. The molecule has 134 valence electrons. The Morgan fingerprint density at radius 2 is 2.19 bits per heavy atom. The van der Waals surface area contributed by atoms with Gasteiger partial charge in [0.05, 0.1) is 12.1 Å². The standard InChI is InChI=1S/C16H14N4O4S2/c17-26(22,23)13-4-7-25-14(13)16(21)20-6-3-12-11(9-20)19-15(24-12)10-2-1-5-18-8-10/h1-2,4-5,7-8H,3,6,9H2,(H2,17,22,23). The Morgan fingerprint density at radius 1 is 1.35 bits per heavy atom. The van der Waals surface area contributed by atoms with Gasteiger partial charge >= 0.3 is 0 Å². The predicted octanol–water partition coefficient (Wildman–Crippen LogP) is 1.64. The topological polar surface area (TPSA) is 119 Å². The van der Waals surface area contributed by atoms with Crippen LogP contribution in [0.1, 0.15) is 21.1 Å². The molecule has 4 rings (SSSR count). The van der Waals surface area contributed by atoms with Gasteiger partial charge in [0.15, 0.2) is 0 Å². The highest BCUT2D eigenvalue weighted by Crippen LogP contribution is 2.28. The second-order valence-corrected chi connectivity index (χ2v) is 8.21. The van der Waals surface area contributed by atoms with Crippen LogP contribution in [0, 0.1) is 0 Å². The fraction of sp³-hybridized carbons (Fsp3) is 0.188. The molecule has 1 aliphatic rings. The summed E-state index contributed by atoms with van der Waals surface area (Å²) in [5, 5.41) is 6.73. The number of nitrogens with zero attached hydrogens (tertiary/aromatic N) is 3. The zero-order valence-electron chi connectivity index (χ0n) is 13.5. The quantitative estimate of drug-likeness (QED) is 0.726. The van der Waals surface area contributed by atoms with Crippen LogP contribution >= 0.6 is 11.3 Å². The Balaban J connectivity index is 1.60. The highest BCUT2D eigenvalue weighted by molar-refractivity contribution is 7.89. The molecule has 3 aromatic heterocycles. The van der Waals surface area contributed by atoms with E-state index in [9.17, 15) is 13.2 Å². The third-order valence-corrected chi connectivity index (χ3v) is 6.04. The van der Waals surface area contributed by atoms with E-state index in [-0.39, 0.29) is 22.2 Å². The molecular weight excluding hydrogens is 376 g/mol. The molecule has 0 saturated heterocycles. The third-order valence-electron chi connectivity index (χ3n) is 4.05. The van der Waals surface area contributed by atoms with Gasteiger partial charge in [0.25, 0.3) is 5.91 Å². The van der Waals surface area contributed by atoms with Crippen molar-refractivity contribution in [3.05, 3.63) is 52.3 Å². The molecule has 0 bridgehead atoms. The molecule has 0 aromatic carbocycles. The number of fused-ring (bicyclic) bond motifs is 1. The molecule has 26 heavy (non-hydrogen) atoms. The molecule has 4 heterocycles. The van der Waals surface area contributed by atoms with Gasteiger partial charge < -0.3 is 9.32 Å². The van der Waals surface area contributed by atoms with Crippen molar-refractivity contribution in [2.45, 2.75) is 17.9 Å². The number of oxazole rings is 1. The average molecular weight is 390 g/mol. The number of hydrogen-bond donors (Lipinski definition) is 1. The number of thiophene rings is 1. The molecule has 0 spiro atoms. The lowest BCUT2D eigenvalue weighted by Gasteiger charge is -2.25. The molecule has 3 aromatic rings. The number of nitrogens with two attached hydrogens (primary N) is 1. The number of rotatable bonds is 3. The van der Waals surface area contributed by atoms with Crippen molar-refractivity contribution in [1.82, 2.24) is 14.9 Å². The lowest BCUT2D eigenvalue weighted by atomic mass is 10.1. The first-order valence-corrected chi connectivity index (χ1v) is 10.1. The minimum Gasteiger partial charge on any atom is -0.441 e. The highest BCUT2D eigenvalue weighted by atomic mass is 32.2. The largest absolute Gasteiger partial charge is 0.441 e. The first-order valence-electron chi connectivity index (χ1n) is 7.72. The monoisotopic (exact) mass is 390 g/mol. The number of primary sulfonamides is 1. The van der Waals surface area contributed by atoms with E-state index in [1.807, 2.05) is 6.07 Å². The van der Waals surface area contributed by atoms with Gasteiger partial charge in [0.1, 0.15) is 21.2 Å². The summed E-state index contributed by atoms with van der Waals surface area (Å²) in [6.45, 7) is 0.662. The van der Waals surface area contributed by atoms with Crippen LogP contribution in [0.25, 0.3) is 11.5 Å². The Kier molecular flexibility index (Phi) is 4.10. The first-order chi connectivity index (χ1) is 12.4. The maximum atomic E-state index is 12.8. The minimum atomic E-state index is -3.94. The first kappa shape index (κ1) is 16.9. The number of aromatic nitrogens is 2. The maximum Gasteiger partial charge on any atom is 0.265 e. The van der Waals surface area contributed by atoms with Crippen molar-refractivity contribution < 1.29 is 17.6 Å². The van der Waals surface area contributed by atoms with E-state index in [0.717, 1.165) is 22.7 Å². The van der Waals surface area contributed by atoms with E-state index < -0.39 is 10.0 Å². The van der Waals surface area contributed by atoms with Crippen LogP contribution < -0.4 is 5.14 Å². The van der Waals surface area contributed by atoms with Crippen molar-refractivity contribution in [3.8, 4) is 11.5 Å². The van der Waals surface area contributed by atoms with E-state index in [1.165, 1.54) is 6.07 Å². The average Bonchev–Trinajstić information content (AvgIpc) is 3.28. The summed E-state index contributed by atoms with van der Waals surface area (Å²) in [6.07, 6.45) is 3.82. The second kappa shape index (κ2) is 6.31. The van der Waals surface area contributed by atoms with Gasteiger partial charge in [-0.2, -0.15) is 0 Å². The highest BCUT2D eigenvalue weighted by Gasteiger charge is 2.30. The van der Waals surface area contributed by atoms with Crippen LogP contribution in [0.5, 0.6) is 0 Å². The van der Waals surface area contributed by atoms with Gasteiger partial charge in [-0.1, -0.05) is 0 Å².